The molecule has 1 amide bonds. The molecule has 1 heterocycles. The van der Waals surface area contributed by atoms with Crippen LogP contribution >= 0.6 is 0 Å². The normalized spacial score (nSPS) is 47.1. The molecule has 0 aromatic carbocycles. The second-order valence-corrected chi connectivity index (χ2v) is 12.6. The molecule has 1 unspecified atom stereocenters. The Morgan fingerprint density at radius 3 is 2.47 bits per heavy atom. The highest BCUT2D eigenvalue weighted by atomic mass is 16.3. The van der Waals surface area contributed by atoms with Crippen LogP contribution in [-0.4, -0.2) is 23.7 Å². The standard InChI is InChI=1S/C27H47NO2/c1-17(2)7-6-8-18(3)20-9-10-21-19-15-24(29)23-16-28-25(30)12-14-27(23,5)22(19)11-13-26(20,21)4/h17-24,29H,6-16H2,1-5H3,(H,28,30)/t18-,19+,20-,21+,22+,23?,24+,26-,27-/m1/s1. The molecule has 0 radical (unpaired) electrons. The van der Waals surface area contributed by atoms with Gasteiger partial charge in [0.1, 0.15) is 0 Å². The molecule has 1 saturated heterocycles. The lowest BCUT2D eigenvalue weighted by molar-refractivity contribution is -0.144. The second kappa shape index (κ2) is 8.41. The van der Waals surface area contributed by atoms with Crippen LogP contribution in [0.3, 0.4) is 0 Å². The monoisotopic (exact) mass is 417 g/mol. The molecule has 30 heavy (non-hydrogen) atoms. The van der Waals surface area contributed by atoms with Crippen molar-refractivity contribution in [3.63, 3.8) is 0 Å². The average Bonchev–Trinajstić information content (AvgIpc) is 2.94. The van der Waals surface area contributed by atoms with Crippen LogP contribution in [0, 0.1) is 52.3 Å². The molecule has 3 saturated carbocycles. The number of aliphatic hydroxyl groups is 1. The minimum atomic E-state index is -0.250. The van der Waals surface area contributed by atoms with Crippen LogP contribution in [0.5, 0.6) is 0 Å². The summed E-state index contributed by atoms with van der Waals surface area (Å²) in [6, 6.07) is 0. The SMILES string of the molecule is CC(C)CCC[C@@H](C)[C@H]1CC[C@H]2[C@@H]3C[C@H](O)C4CNC(=O)CC[C@]4(C)[C@H]3CC[C@]12C. The van der Waals surface area contributed by atoms with Gasteiger partial charge in [0.15, 0.2) is 0 Å². The predicted molar refractivity (Wildman–Crippen MR) is 123 cm³/mol. The van der Waals surface area contributed by atoms with Gasteiger partial charge in [-0.3, -0.25) is 4.79 Å². The third kappa shape index (κ3) is 3.76. The maximum absolute atomic E-state index is 12.1. The van der Waals surface area contributed by atoms with E-state index in [2.05, 4.69) is 39.9 Å². The molecular formula is C27H47NO2. The number of fused-ring (bicyclic) bond motifs is 5. The smallest absolute Gasteiger partial charge is 0.220 e. The molecule has 0 aromatic rings. The highest BCUT2D eigenvalue weighted by molar-refractivity contribution is 5.76. The number of hydrogen-bond donors (Lipinski definition) is 2. The van der Waals surface area contributed by atoms with E-state index < -0.39 is 0 Å². The molecule has 4 rings (SSSR count). The van der Waals surface area contributed by atoms with Gasteiger partial charge in [0.2, 0.25) is 5.91 Å². The summed E-state index contributed by atoms with van der Waals surface area (Å²) in [5.74, 6) is 5.04. The Bertz CT molecular complexity index is 632. The van der Waals surface area contributed by atoms with E-state index in [1.165, 1.54) is 44.9 Å². The van der Waals surface area contributed by atoms with Crippen LogP contribution in [0.2, 0.25) is 0 Å². The molecule has 172 valence electrons. The summed E-state index contributed by atoms with van der Waals surface area (Å²) in [4.78, 5) is 12.1. The molecular weight excluding hydrogens is 370 g/mol. The molecule has 9 atom stereocenters. The van der Waals surface area contributed by atoms with Gasteiger partial charge in [-0.15, -0.1) is 0 Å². The molecule has 0 spiro atoms. The van der Waals surface area contributed by atoms with Crippen molar-refractivity contribution in [2.75, 3.05) is 6.54 Å². The number of carbonyl (C=O) groups is 1. The molecule has 0 aromatic heterocycles. The third-order valence-electron chi connectivity index (χ3n) is 10.7. The summed E-state index contributed by atoms with van der Waals surface area (Å²) in [5, 5.41) is 14.3. The maximum atomic E-state index is 12.1. The number of carbonyl (C=O) groups excluding carboxylic acids is 1. The zero-order valence-electron chi connectivity index (χ0n) is 20.3. The Kier molecular flexibility index (Phi) is 6.34. The van der Waals surface area contributed by atoms with Crippen molar-refractivity contribution in [3.8, 4) is 0 Å². The Morgan fingerprint density at radius 1 is 1.00 bits per heavy atom. The zero-order valence-corrected chi connectivity index (χ0v) is 20.3. The van der Waals surface area contributed by atoms with Crippen LogP contribution in [-0.2, 0) is 4.79 Å². The first-order valence-electron chi connectivity index (χ1n) is 13.1. The fourth-order valence-electron chi connectivity index (χ4n) is 9.05. The topological polar surface area (TPSA) is 49.3 Å². The molecule has 3 aliphatic carbocycles. The lowest BCUT2D eigenvalue weighted by atomic mass is 9.45. The number of aliphatic hydroxyl groups excluding tert-OH is 1. The quantitative estimate of drug-likeness (QED) is 0.593. The van der Waals surface area contributed by atoms with Crippen LogP contribution < -0.4 is 5.32 Å². The Balaban J connectivity index is 1.51. The first kappa shape index (κ1) is 22.6. The van der Waals surface area contributed by atoms with Gasteiger partial charge in [0.25, 0.3) is 0 Å². The number of rotatable bonds is 5. The van der Waals surface area contributed by atoms with Crippen molar-refractivity contribution in [2.24, 2.45) is 52.3 Å². The number of nitrogens with one attached hydrogen (secondary N) is 1. The van der Waals surface area contributed by atoms with Crippen molar-refractivity contribution >= 4 is 5.91 Å². The second-order valence-electron chi connectivity index (χ2n) is 12.6. The molecule has 3 heteroatoms. The molecule has 1 aliphatic heterocycles. The van der Waals surface area contributed by atoms with Gasteiger partial charge >= 0.3 is 0 Å². The Hall–Kier alpha value is -0.570. The van der Waals surface area contributed by atoms with Gasteiger partial charge in [-0.05, 0) is 84.9 Å². The first-order valence-corrected chi connectivity index (χ1v) is 13.1. The largest absolute Gasteiger partial charge is 0.393 e. The predicted octanol–water partition coefficient (Wildman–Crippen LogP) is 5.80. The van der Waals surface area contributed by atoms with Gasteiger partial charge in [0.05, 0.1) is 6.10 Å². The van der Waals surface area contributed by atoms with Gasteiger partial charge in [-0.2, -0.15) is 0 Å². The van der Waals surface area contributed by atoms with Gasteiger partial charge in [-0.25, -0.2) is 0 Å². The minimum absolute atomic E-state index is 0.115. The molecule has 3 nitrogen and oxygen atoms in total. The Morgan fingerprint density at radius 2 is 1.73 bits per heavy atom. The van der Waals surface area contributed by atoms with Crippen molar-refractivity contribution in [3.05, 3.63) is 0 Å². The minimum Gasteiger partial charge on any atom is -0.393 e. The summed E-state index contributed by atoms with van der Waals surface area (Å²) in [5.41, 5.74) is 0.573. The fourth-order valence-corrected chi connectivity index (χ4v) is 9.05. The van der Waals surface area contributed by atoms with E-state index in [-0.39, 0.29) is 23.3 Å². The van der Waals surface area contributed by atoms with Gasteiger partial charge in [-0.1, -0.05) is 53.9 Å². The van der Waals surface area contributed by atoms with Crippen molar-refractivity contribution in [2.45, 2.75) is 105 Å². The lowest BCUT2D eigenvalue weighted by Crippen LogP contribution is -2.57. The van der Waals surface area contributed by atoms with Gasteiger partial charge in [0, 0.05) is 18.9 Å². The van der Waals surface area contributed by atoms with Crippen molar-refractivity contribution in [1.29, 1.82) is 0 Å². The van der Waals surface area contributed by atoms with E-state index in [1.807, 2.05) is 0 Å². The van der Waals surface area contributed by atoms with E-state index in [0.717, 1.165) is 36.5 Å². The van der Waals surface area contributed by atoms with E-state index in [1.54, 1.807) is 0 Å². The Labute approximate surface area is 185 Å². The number of hydrogen-bond acceptors (Lipinski definition) is 2. The molecule has 0 bridgehead atoms. The van der Waals surface area contributed by atoms with E-state index in [4.69, 9.17) is 0 Å². The van der Waals surface area contributed by atoms with Crippen LogP contribution in [0.4, 0.5) is 0 Å². The first-order chi connectivity index (χ1) is 14.2. The third-order valence-corrected chi connectivity index (χ3v) is 10.7. The van der Waals surface area contributed by atoms with E-state index in [0.29, 0.717) is 30.2 Å². The van der Waals surface area contributed by atoms with Crippen molar-refractivity contribution in [1.82, 2.24) is 5.32 Å². The maximum Gasteiger partial charge on any atom is 0.220 e. The van der Waals surface area contributed by atoms with Gasteiger partial charge < -0.3 is 10.4 Å². The summed E-state index contributed by atoms with van der Waals surface area (Å²) in [6.07, 6.45) is 11.9. The zero-order chi connectivity index (χ0) is 21.7. The molecule has 2 N–H and O–H groups in total. The van der Waals surface area contributed by atoms with Crippen LogP contribution in [0.25, 0.3) is 0 Å². The summed E-state index contributed by atoms with van der Waals surface area (Å²) >= 11 is 0. The highest BCUT2D eigenvalue weighted by Gasteiger charge is 2.61. The van der Waals surface area contributed by atoms with Crippen LogP contribution in [0.1, 0.15) is 98.8 Å². The summed E-state index contributed by atoms with van der Waals surface area (Å²) in [6.45, 7) is 12.9. The van der Waals surface area contributed by atoms with E-state index >= 15 is 0 Å². The van der Waals surface area contributed by atoms with Crippen molar-refractivity contribution < 1.29 is 9.90 Å². The highest BCUT2D eigenvalue weighted by Crippen LogP contribution is 2.67. The molecule has 4 fully saturated rings. The summed E-state index contributed by atoms with van der Waals surface area (Å²) in [7, 11) is 0. The molecule has 4 aliphatic rings. The average molecular weight is 418 g/mol. The fraction of sp³-hybridized carbons (Fsp3) is 0.963. The number of amides is 1. The summed E-state index contributed by atoms with van der Waals surface area (Å²) < 4.78 is 0. The van der Waals surface area contributed by atoms with Crippen LogP contribution in [0.15, 0.2) is 0 Å². The lowest BCUT2D eigenvalue weighted by Gasteiger charge is -2.60. The van der Waals surface area contributed by atoms with E-state index in [9.17, 15) is 9.90 Å².